The first-order chi connectivity index (χ1) is 12.6. The number of ether oxygens (including phenoxy) is 1. The van der Waals surface area contributed by atoms with Crippen LogP contribution < -0.4 is 4.90 Å². The van der Waals surface area contributed by atoms with Crippen molar-refractivity contribution >= 4 is 17.6 Å². The quantitative estimate of drug-likeness (QED) is 0.764. The van der Waals surface area contributed by atoms with E-state index in [0.717, 1.165) is 37.9 Å². The smallest absolute Gasteiger partial charge is 0.338 e. The number of anilines is 1. The van der Waals surface area contributed by atoms with E-state index in [2.05, 4.69) is 10.1 Å². The summed E-state index contributed by atoms with van der Waals surface area (Å²) in [5.41, 5.74) is 1.23. The highest BCUT2D eigenvalue weighted by Gasteiger charge is 2.30. The Kier molecular flexibility index (Phi) is 4.44. The second-order valence-corrected chi connectivity index (χ2v) is 6.86. The van der Waals surface area contributed by atoms with Crippen molar-refractivity contribution in [2.24, 2.45) is 0 Å². The Morgan fingerprint density at radius 2 is 2.04 bits per heavy atom. The Morgan fingerprint density at radius 3 is 2.73 bits per heavy atom. The van der Waals surface area contributed by atoms with Gasteiger partial charge in [-0.05, 0) is 56.9 Å². The molecule has 1 aliphatic carbocycles. The van der Waals surface area contributed by atoms with Crippen LogP contribution in [0.5, 0.6) is 0 Å². The van der Waals surface area contributed by atoms with Crippen LogP contribution in [0, 0.1) is 0 Å². The van der Waals surface area contributed by atoms with Crippen LogP contribution in [0.2, 0.25) is 0 Å². The van der Waals surface area contributed by atoms with Crippen LogP contribution >= 0.6 is 0 Å². The first kappa shape index (κ1) is 16.8. The topological polar surface area (TPSA) is 85.5 Å². The van der Waals surface area contributed by atoms with E-state index in [1.807, 2.05) is 0 Å². The summed E-state index contributed by atoms with van der Waals surface area (Å²) in [7, 11) is 0. The number of hydrogen-bond donors (Lipinski definition) is 0. The van der Waals surface area contributed by atoms with Crippen molar-refractivity contribution in [2.75, 3.05) is 11.4 Å². The van der Waals surface area contributed by atoms with Crippen molar-refractivity contribution in [3.63, 3.8) is 0 Å². The van der Waals surface area contributed by atoms with Crippen molar-refractivity contribution in [2.45, 2.75) is 51.0 Å². The fourth-order valence-electron chi connectivity index (χ4n) is 3.06. The van der Waals surface area contributed by atoms with E-state index in [0.29, 0.717) is 29.6 Å². The van der Waals surface area contributed by atoms with E-state index in [4.69, 9.17) is 9.26 Å². The Balaban J connectivity index is 1.40. The number of nitrogens with zero attached hydrogens (tertiary/aromatic N) is 3. The summed E-state index contributed by atoms with van der Waals surface area (Å²) >= 11 is 0. The van der Waals surface area contributed by atoms with Crippen LogP contribution in [-0.2, 0) is 9.53 Å². The van der Waals surface area contributed by atoms with Crippen molar-refractivity contribution in [3.8, 4) is 0 Å². The summed E-state index contributed by atoms with van der Waals surface area (Å²) in [4.78, 5) is 30.4. The third kappa shape index (κ3) is 3.47. The van der Waals surface area contributed by atoms with Gasteiger partial charge in [0.05, 0.1) is 5.56 Å². The molecule has 1 atom stereocenters. The first-order valence-corrected chi connectivity index (χ1v) is 9.07. The molecule has 7 nitrogen and oxygen atoms in total. The van der Waals surface area contributed by atoms with Crippen LogP contribution in [0.4, 0.5) is 5.69 Å². The molecule has 1 aromatic heterocycles. The minimum absolute atomic E-state index is 0.128. The third-order valence-corrected chi connectivity index (χ3v) is 4.77. The molecule has 2 heterocycles. The maximum atomic E-state index is 12.3. The average Bonchev–Trinajstić information content (AvgIpc) is 3.39. The molecule has 0 bridgehead atoms. The second kappa shape index (κ2) is 6.90. The van der Waals surface area contributed by atoms with Gasteiger partial charge >= 0.3 is 5.97 Å². The van der Waals surface area contributed by atoms with Gasteiger partial charge in [0, 0.05) is 24.6 Å². The van der Waals surface area contributed by atoms with Crippen molar-refractivity contribution in [3.05, 3.63) is 41.5 Å². The normalized spacial score (nSPS) is 18.7. The van der Waals surface area contributed by atoms with E-state index in [9.17, 15) is 9.59 Å². The Labute approximate surface area is 151 Å². The molecule has 1 aromatic carbocycles. The molecular formula is C19H21N3O4. The average molecular weight is 355 g/mol. The fraction of sp³-hybridized carbons (Fsp3) is 0.474. The fourth-order valence-corrected chi connectivity index (χ4v) is 3.06. The van der Waals surface area contributed by atoms with Crippen LogP contribution in [0.25, 0.3) is 0 Å². The summed E-state index contributed by atoms with van der Waals surface area (Å²) in [5.74, 6) is 1.07. The molecule has 0 spiro atoms. The Hall–Kier alpha value is -2.70. The molecule has 1 aliphatic heterocycles. The highest BCUT2D eigenvalue weighted by molar-refractivity contribution is 5.95. The zero-order chi connectivity index (χ0) is 18.1. The number of carbonyl (C=O) groups is 2. The Morgan fingerprint density at radius 1 is 1.27 bits per heavy atom. The van der Waals surface area contributed by atoms with Gasteiger partial charge < -0.3 is 14.2 Å². The van der Waals surface area contributed by atoms with E-state index < -0.39 is 12.1 Å². The lowest BCUT2D eigenvalue weighted by Crippen LogP contribution is -2.35. The highest BCUT2D eigenvalue weighted by atomic mass is 16.6. The number of carbonyl (C=O) groups excluding carboxylic acids is 2. The summed E-state index contributed by atoms with van der Waals surface area (Å²) in [5, 5.41) is 3.93. The summed E-state index contributed by atoms with van der Waals surface area (Å²) in [6, 6.07) is 6.91. The minimum atomic E-state index is -0.606. The van der Waals surface area contributed by atoms with E-state index >= 15 is 0 Å². The number of benzene rings is 1. The summed E-state index contributed by atoms with van der Waals surface area (Å²) < 4.78 is 10.6. The zero-order valence-corrected chi connectivity index (χ0v) is 14.7. The summed E-state index contributed by atoms with van der Waals surface area (Å²) in [6.07, 6.45) is 4.08. The predicted molar refractivity (Wildman–Crippen MR) is 92.7 cm³/mol. The van der Waals surface area contributed by atoms with Gasteiger partial charge in [0.1, 0.15) is 0 Å². The van der Waals surface area contributed by atoms with Crippen LogP contribution in [0.1, 0.15) is 73.1 Å². The number of esters is 1. The van der Waals surface area contributed by atoms with Gasteiger partial charge in [0.25, 0.3) is 5.89 Å². The molecule has 0 N–H and O–H groups in total. The molecule has 136 valence electrons. The van der Waals surface area contributed by atoms with Crippen molar-refractivity contribution in [1.82, 2.24) is 10.1 Å². The highest BCUT2D eigenvalue weighted by Crippen LogP contribution is 2.38. The number of hydrogen-bond acceptors (Lipinski definition) is 6. The van der Waals surface area contributed by atoms with E-state index in [1.165, 1.54) is 0 Å². The van der Waals surface area contributed by atoms with Crippen molar-refractivity contribution in [1.29, 1.82) is 0 Å². The molecule has 2 aromatic rings. The monoisotopic (exact) mass is 355 g/mol. The SMILES string of the molecule is CC(OC(=O)c1ccc(N2CCCCC2=O)cc1)c1nc(C2CC2)no1. The lowest BCUT2D eigenvalue weighted by atomic mass is 10.1. The molecule has 1 saturated carbocycles. The van der Waals surface area contributed by atoms with Crippen LogP contribution in [-0.4, -0.2) is 28.6 Å². The minimum Gasteiger partial charge on any atom is -0.449 e. The molecule has 2 aliphatic rings. The number of piperidine rings is 1. The molecule has 2 fully saturated rings. The number of amides is 1. The molecule has 4 rings (SSSR count). The number of aromatic nitrogens is 2. The molecular weight excluding hydrogens is 334 g/mol. The predicted octanol–water partition coefficient (Wildman–Crippen LogP) is 3.38. The maximum Gasteiger partial charge on any atom is 0.338 e. The van der Waals surface area contributed by atoms with Gasteiger partial charge in [-0.2, -0.15) is 4.98 Å². The number of rotatable bonds is 5. The van der Waals surface area contributed by atoms with Crippen LogP contribution in [0.15, 0.2) is 28.8 Å². The Bertz CT molecular complexity index is 810. The van der Waals surface area contributed by atoms with Gasteiger partial charge in [0.15, 0.2) is 11.9 Å². The lowest BCUT2D eigenvalue weighted by Gasteiger charge is -2.26. The standard InChI is InChI=1S/C19H21N3O4/c1-12(18-20-17(21-26-18)13-5-6-13)25-19(24)14-7-9-15(10-8-14)22-11-3-2-4-16(22)23/h7-10,12-13H,2-6,11H2,1H3. The van der Waals surface area contributed by atoms with Gasteiger partial charge in [-0.1, -0.05) is 5.16 Å². The maximum absolute atomic E-state index is 12.3. The molecule has 26 heavy (non-hydrogen) atoms. The first-order valence-electron chi connectivity index (χ1n) is 9.07. The third-order valence-electron chi connectivity index (χ3n) is 4.77. The molecule has 7 heteroatoms. The second-order valence-electron chi connectivity index (χ2n) is 6.86. The molecule has 1 unspecified atom stereocenters. The van der Waals surface area contributed by atoms with Crippen molar-refractivity contribution < 1.29 is 18.8 Å². The zero-order valence-electron chi connectivity index (χ0n) is 14.7. The van der Waals surface area contributed by atoms with E-state index in [1.54, 1.807) is 36.1 Å². The van der Waals surface area contributed by atoms with E-state index in [-0.39, 0.29) is 5.91 Å². The summed E-state index contributed by atoms with van der Waals surface area (Å²) in [6.45, 7) is 2.43. The van der Waals surface area contributed by atoms with Crippen LogP contribution in [0.3, 0.4) is 0 Å². The molecule has 1 saturated heterocycles. The van der Waals surface area contributed by atoms with Gasteiger partial charge in [-0.25, -0.2) is 4.79 Å². The molecule has 0 radical (unpaired) electrons. The van der Waals surface area contributed by atoms with Gasteiger partial charge in [-0.3, -0.25) is 4.79 Å². The molecule has 1 amide bonds. The van der Waals surface area contributed by atoms with Gasteiger partial charge in [0.2, 0.25) is 5.91 Å². The lowest BCUT2D eigenvalue weighted by molar-refractivity contribution is -0.119. The van der Waals surface area contributed by atoms with Gasteiger partial charge in [-0.15, -0.1) is 0 Å². The largest absolute Gasteiger partial charge is 0.449 e.